The molecule has 0 aromatic carbocycles. The molecule has 1 aliphatic heterocycles. The fourth-order valence-corrected chi connectivity index (χ4v) is 2.87. The number of hydrogen-bond acceptors (Lipinski definition) is 6. The zero-order valence-corrected chi connectivity index (χ0v) is 12.3. The van der Waals surface area contributed by atoms with E-state index in [1.165, 1.54) is 17.5 Å². The molecule has 0 spiro atoms. The molecule has 0 bridgehead atoms. The van der Waals surface area contributed by atoms with Crippen molar-refractivity contribution in [3.8, 4) is 0 Å². The quantitative estimate of drug-likeness (QED) is 0.835. The van der Waals surface area contributed by atoms with Gasteiger partial charge in [0.2, 0.25) is 5.82 Å². The summed E-state index contributed by atoms with van der Waals surface area (Å²) in [4.78, 5) is 19.8. The van der Waals surface area contributed by atoms with Gasteiger partial charge < -0.3 is 9.94 Å². The van der Waals surface area contributed by atoms with E-state index in [0.29, 0.717) is 12.8 Å². The van der Waals surface area contributed by atoms with Gasteiger partial charge in [-0.25, -0.2) is 14.8 Å². The van der Waals surface area contributed by atoms with Gasteiger partial charge in [0, 0.05) is 36.3 Å². The number of hydrogen-bond donors (Lipinski definition) is 1. The molecule has 2 heterocycles. The highest BCUT2D eigenvalue weighted by atomic mass is 16.5. The largest absolute Gasteiger partial charge is 0.456 e. The van der Waals surface area contributed by atoms with Gasteiger partial charge in [0.25, 0.3) is 0 Å². The molecule has 0 amide bonds. The molecule has 0 atom stereocenters. The van der Waals surface area contributed by atoms with Crippen LogP contribution in [0.3, 0.4) is 0 Å². The highest BCUT2D eigenvalue weighted by Gasteiger charge is 2.46. The third-order valence-corrected chi connectivity index (χ3v) is 3.62. The lowest BCUT2D eigenvalue weighted by atomic mass is 9.80. The Balaban J connectivity index is 2.09. The number of carbonyl (C=O) groups excluding carboxylic acids is 1. The van der Waals surface area contributed by atoms with Gasteiger partial charge in [0.15, 0.2) is 0 Å². The normalized spacial score (nSPS) is 22.4. The van der Waals surface area contributed by atoms with Crippen molar-refractivity contribution in [1.29, 1.82) is 0 Å². The van der Waals surface area contributed by atoms with Crippen molar-refractivity contribution in [2.24, 2.45) is 0 Å². The average Bonchev–Trinajstić information content (AvgIpc) is 2.36. The van der Waals surface area contributed by atoms with Crippen LogP contribution in [0, 0.1) is 0 Å². The van der Waals surface area contributed by atoms with Gasteiger partial charge in [-0.2, -0.15) is 5.06 Å². The van der Waals surface area contributed by atoms with E-state index in [9.17, 15) is 10.0 Å². The second kappa shape index (κ2) is 5.10. The van der Waals surface area contributed by atoms with E-state index in [4.69, 9.17) is 4.74 Å². The van der Waals surface area contributed by atoms with Crippen molar-refractivity contribution in [2.75, 3.05) is 0 Å². The van der Waals surface area contributed by atoms with E-state index < -0.39 is 17.0 Å². The van der Waals surface area contributed by atoms with Crippen LogP contribution in [0.1, 0.15) is 51.2 Å². The molecule has 1 aromatic rings. The van der Waals surface area contributed by atoms with Gasteiger partial charge in [0.1, 0.15) is 6.10 Å². The SMILES string of the molecule is CC1(C)CC(OC(=O)c2ncccn2)CC(C)(C)N1O. The molecule has 0 radical (unpaired) electrons. The Morgan fingerprint density at radius 1 is 1.25 bits per heavy atom. The summed E-state index contributed by atoms with van der Waals surface area (Å²) < 4.78 is 5.50. The summed E-state index contributed by atoms with van der Waals surface area (Å²) >= 11 is 0. The zero-order valence-electron chi connectivity index (χ0n) is 12.3. The Labute approximate surface area is 118 Å². The van der Waals surface area contributed by atoms with Crippen LogP contribution in [-0.2, 0) is 4.74 Å². The summed E-state index contributed by atoms with van der Waals surface area (Å²) in [7, 11) is 0. The molecule has 2 rings (SSSR count). The lowest BCUT2D eigenvalue weighted by Crippen LogP contribution is -2.60. The summed E-state index contributed by atoms with van der Waals surface area (Å²) in [5.74, 6) is -0.455. The van der Waals surface area contributed by atoms with Crippen LogP contribution in [0.25, 0.3) is 0 Å². The first-order valence-electron chi connectivity index (χ1n) is 6.70. The predicted molar refractivity (Wildman–Crippen MR) is 72.3 cm³/mol. The first-order valence-corrected chi connectivity index (χ1v) is 6.70. The Bertz CT molecular complexity index is 470. The maximum absolute atomic E-state index is 12.0. The highest BCUT2D eigenvalue weighted by Crippen LogP contribution is 2.38. The van der Waals surface area contributed by atoms with Crippen LogP contribution < -0.4 is 0 Å². The lowest BCUT2D eigenvalue weighted by molar-refractivity contribution is -0.256. The van der Waals surface area contributed by atoms with Gasteiger partial charge in [0.05, 0.1) is 0 Å². The first-order chi connectivity index (χ1) is 9.22. The summed E-state index contributed by atoms with van der Waals surface area (Å²) in [5, 5.41) is 11.6. The third kappa shape index (κ3) is 2.96. The minimum absolute atomic E-state index is 0.0644. The van der Waals surface area contributed by atoms with Crippen molar-refractivity contribution >= 4 is 5.97 Å². The average molecular weight is 279 g/mol. The Morgan fingerprint density at radius 2 is 1.75 bits per heavy atom. The standard InChI is InChI=1S/C14H21N3O3/c1-13(2)8-10(9-14(3,4)17(13)19)20-12(18)11-15-6-5-7-16-11/h5-7,10,19H,8-9H2,1-4H3. The molecule has 6 heteroatoms. The summed E-state index contributed by atoms with van der Waals surface area (Å²) in [6.45, 7) is 7.70. The molecular formula is C14H21N3O3. The van der Waals surface area contributed by atoms with E-state index >= 15 is 0 Å². The fourth-order valence-electron chi connectivity index (χ4n) is 2.87. The number of hydroxylamine groups is 2. The second-order valence-electron chi connectivity index (χ2n) is 6.44. The molecule has 1 aromatic heterocycles. The van der Waals surface area contributed by atoms with Crippen LogP contribution in [0.15, 0.2) is 18.5 Å². The predicted octanol–water partition coefficient (Wildman–Crippen LogP) is 2.04. The molecule has 1 aliphatic rings. The second-order valence-corrected chi connectivity index (χ2v) is 6.44. The minimum Gasteiger partial charge on any atom is -0.456 e. The molecule has 1 saturated heterocycles. The van der Waals surface area contributed by atoms with Crippen LogP contribution in [0.2, 0.25) is 0 Å². The number of piperidine rings is 1. The monoisotopic (exact) mass is 279 g/mol. The molecule has 20 heavy (non-hydrogen) atoms. The van der Waals surface area contributed by atoms with Crippen LogP contribution >= 0.6 is 0 Å². The number of esters is 1. The zero-order chi connectivity index (χ0) is 15.0. The van der Waals surface area contributed by atoms with E-state index in [0.717, 1.165) is 0 Å². The van der Waals surface area contributed by atoms with E-state index in [1.807, 2.05) is 27.7 Å². The number of aromatic nitrogens is 2. The maximum atomic E-state index is 12.0. The molecule has 0 aliphatic carbocycles. The van der Waals surface area contributed by atoms with Gasteiger partial charge in [-0.1, -0.05) is 0 Å². The summed E-state index contributed by atoms with van der Waals surface area (Å²) in [6, 6.07) is 1.65. The van der Waals surface area contributed by atoms with Crippen molar-refractivity contribution in [1.82, 2.24) is 15.0 Å². The molecule has 0 unspecified atom stereocenters. The topological polar surface area (TPSA) is 75.5 Å². The van der Waals surface area contributed by atoms with Gasteiger partial charge in [-0.15, -0.1) is 0 Å². The van der Waals surface area contributed by atoms with Crippen LogP contribution in [0.5, 0.6) is 0 Å². The molecular weight excluding hydrogens is 258 g/mol. The van der Waals surface area contributed by atoms with Gasteiger partial charge >= 0.3 is 5.97 Å². The molecule has 1 fully saturated rings. The van der Waals surface area contributed by atoms with Crippen molar-refractivity contribution in [3.05, 3.63) is 24.3 Å². The van der Waals surface area contributed by atoms with Gasteiger partial charge in [-0.05, 0) is 33.8 Å². The summed E-state index contributed by atoms with van der Waals surface area (Å²) in [5.41, 5.74) is -0.908. The van der Waals surface area contributed by atoms with Crippen molar-refractivity contribution in [2.45, 2.75) is 57.7 Å². The van der Waals surface area contributed by atoms with Crippen molar-refractivity contribution in [3.63, 3.8) is 0 Å². The van der Waals surface area contributed by atoms with Crippen LogP contribution in [-0.4, -0.2) is 43.4 Å². The first kappa shape index (κ1) is 14.9. The molecule has 0 saturated carbocycles. The number of ether oxygens (including phenoxy) is 1. The van der Waals surface area contributed by atoms with Crippen LogP contribution in [0.4, 0.5) is 0 Å². The number of carbonyl (C=O) groups is 1. The molecule has 1 N–H and O–H groups in total. The Hall–Kier alpha value is -1.53. The van der Waals surface area contributed by atoms with E-state index in [-0.39, 0.29) is 11.9 Å². The fraction of sp³-hybridized carbons (Fsp3) is 0.643. The van der Waals surface area contributed by atoms with E-state index in [1.54, 1.807) is 6.07 Å². The smallest absolute Gasteiger partial charge is 0.376 e. The number of rotatable bonds is 2. The lowest BCUT2D eigenvalue weighted by Gasteiger charge is -2.50. The highest BCUT2D eigenvalue weighted by molar-refractivity contribution is 5.85. The molecule has 6 nitrogen and oxygen atoms in total. The van der Waals surface area contributed by atoms with Crippen molar-refractivity contribution < 1.29 is 14.7 Å². The maximum Gasteiger partial charge on any atom is 0.376 e. The number of nitrogens with zero attached hydrogens (tertiary/aromatic N) is 3. The van der Waals surface area contributed by atoms with Gasteiger partial charge in [-0.3, -0.25) is 0 Å². The van der Waals surface area contributed by atoms with E-state index in [2.05, 4.69) is 9.97 Å². The minimum atomic E-state index is -0.520. The Morgan fingerprint density at radius 3 is 2.25 bits per heavy atom. The third-order valence-electron chi connectivity index (χ3n) is 3.62. The summed E-state index contributed by atoms with van der Waals surface area (Å²) in [6.07, 6.45) is 3.87. The molecule has 110 valence electrons. The Kier molecular flexibility index (Phi) is 3.80.